The van der Waals surface area contributed by atoms with Crippen LogP contribution >= 0.6 is 0 Å². The number of carbonyl (C=O) groups is 2. The number of aromatic amines is 1. The van der Waals surface area contributed by atoms with Crippen molar-refractivity contribution in [2.75, 3.05) is 0 Å². The molecule has 2 aromatic heterocycles. The molecule has 14 heteroatoms. The number of aromatic nitrogens is 2. The number of rotatable bonds is 6. The molecule has 0 aliphatic carbocycles. The minimum atomic E-state index is -5.50. The molecular formula is C19H12F4N4O5S. The van der Waals surface area contributed by atoms with Gasteiger partial charge in [0, 0.05) is 23.3 Å². The first kappa shape index (κ1) is 23.8. The fourth-order valence-corrected chi connectivity index (χ4v) is 4.17. The van der Waals surface area contributed by atoms with Crippen molar-refractivity contribution in [3.05, 3.63) is 64.2 Å². The Labute approximate surface area is 182 Å². The Balaban J connectivity index is 2.34. The highest BCUT2D eigenvalue weighted by atomic mass is 32.2. The molecule has 3 rings (SSSR count). The summed E-state index contributed by atoms with van der Waals surface area (Å²) in [6.45, 7) is 0. The average Bonchev–Trinajstić information content (AvgIpc) is 3.12. The highest BCUT2D eigenvalue weighted by Gasteiger charge is 2.42. The van der Waals surface area contributed by atoms with Gasteiger partial charge in [-0.3, -0.25) is 14.1 Å². The number of fused-ring (bicyclic) bond motifs is 1. The number of nitriles is 1. The average molecular weight is 484 g/mol. The third-order valence-corrected chi connectivity index (χ3v) is 5.83. The Hall–Kier alpha value is -3.83. The number of nitrogens with two attached hydrogens (primary N) is 1. The van der Waals surface area contributed by atoms with Crippen LogP contribution in [-0.4, -0.2) is 40.8 Å². The van der Waals surface area contributed by atoms with E-state index in [4.69, 9.17) is 11.0 Å². The Bertz CT molecular complexity index is 1440. The molecule has 3 aromatic rings. The molecule has 172 valence electrons. The van der Waals surface area contributed by atoms with E-state index in [0.29, 0.717) is 12.1 Å². The summed E-state index contributed by atoms with van der Waals surface area (Å²) in [7, 11) is -5.50. The Kier molecular flexibility index (Phi) is 5.96. The first-order valence-corrected chi connectivity index (χ1v) is 10.3. The van der Waals surface area contributed by atoms with E-state index in [2.05, 4.69) is 9.97 Å². The molecule has 9 nitrogen and oxygen atoms in total. The third kappa shape index (κ3) is 4.69. The van der Waals surface area contributed by atoms with E-state index in [1.807, 2.05) is 0 Å². The summed E-state index contributed by atoms with van der Waals surface area (Å²) in [5, 5.41) is 6.25. The number of ketones is 1. The predicted octanol–water partition coefficient (Wildman–Crippen LogP) is 2.78. The lowest BCUT2D eigenvalue weighted by Crippen LogP contribution is -2.25. The molecule has 2 heterocycles. The van der Waals surface area contributed by atoms with Gasteiger partial charge in [-0.2, -0.15) is 26.9 Å². The van der Waals surface area contributed by atoms with Crippen LogP contribution in [0, 0.1) is 17.1 Å². The van der Waals surface area contributed by atoms with Crippen LogP contribution in [0.4, 0.5) is 17.6 Å². The largest absolute Gasteiger partial charge is 0.390 e. The molecule has 1 atom stereocenters. The van der Waals surface area contributed by atoms with Gasteiger partial charge in [0.05, 0.1) is 23.1 Å². The van der Waals surface area contributed by atoms with Crippen LogP contribution in [0.2, 0.25) is 0 Å². The van der Waals surface area contributed by atoms with Gasteiger partial charge in [0.25, 0.3) is 16.0 Å². The minimum absolute atomic E-state index is 0.00406. The maximum atomic E-state index is 15.2. The first-order valence-electron chi connectivity index (χ1n) is 8.81. The van der Waals surface area contributed by atoms with E-state index in [-0.39, 0.29) is 22.2 Å². The van der Waals surface area contributed by atoms with Gasteiger partial charge in [0.15, 0.2) is 5.78 Å². The SMILES string of the molecule is N#Cc1cnc2[nH]cc(C(=O)c3c(C(CC(F)(F)F)S(=O)(=O)O)ccc(C(N)=O)c3F)c2c1. The molecule has 0 fully saturated rings. The van der Waals surface area contributed by atoms with Crippen LogP contribution in [0.5, 0.6) is 0 Å². The van der Waals surface area contributed by atoms with Crippen molar-refractivity contribution in [1.82, 2.24) is 9.97 Å². The summed E-state index contributed by atoms with van der Waals surface area (Å²) in [6, 6.07) is 4.18. The number of primary amides is 1. The Morgan fingerprint density at radius 3 is 2.48 bits per heavy atom. The van der Waals surface area contributed by atoms with Gasteiger partial charge >= 0.3 is 6.18 Å². The number of pyridine rings is 1. The molecule has 0 saturated carbocycles. The lowest BCUT2D eigenvalue weighted by molar-refractivity contribution is -0.135. The number of benzene rings is 1. The van der Waals surface area contributed by atoms with E-state index in [1.165, 1.54) is 6.07 Å². The van der Waals surface area contributed by atoms with Crippen LogP contribution in [0.1, 0.15) is 49.1 Å². The van der Waals surface area contributed by atoms with Gasteiger partial charge in [-0.15, -0.1) is 0 Å². The topological polar surface area (TPSA) is 167 Å². The van der Waals surface area contributed by atoms with Crippen molar-refractivity contribution in [1.29, 1.82) is 5.26 Å². The molecule has 33 heavy (non-hydrogen) atoms. The van der Waals surface area contributed by atoms with Gasteiger partial charge < -0.3 is 10.7 Å². The molecule has 0 spiro atoms. The summed E-state index contributed by atoms with van der Waals surface area (Å²) in [5.74, 6) is -4.37. The van der Waals surface area contributed by atoms with E-state index < -0.39 is 62.2 Å². The number of alkyl halides is 3. The van der Waals surface area contributed by atoms with Crippen molar-refractivity contribution >= 4 is 32.8 Å². The van der Waals surface area contributed by atoms with Crippen molar-refractivity contribution < 1.29 is 40.1 Å². The molecule has 0 aliphatic heterocycles. The quantitative estimate of drug-likeness (QED) is 0.275. The number of hydrogen-bond donors (Lipinski definition) is 3. The predicted molar refractivity (Wildman–Crippen MR) is 104 cm³/mol. The standard InChI is InChI=1S/C19H12F4N4O5S/c20-15-10(17(25)29)2-1-9(13(33(30,31)32)4-19(21,22)23)14(15)16(28)12-7-27-18-11(12)3-8(5-24)6-26-18/h1-3,6-7,13H,4H2,(H2,25,29)(H,26,27)(H,30,31,32). The van der Waals surface area contributed by atoms with Crippen LogP contribution < -0.4 is 5.73 Å². The summed E-state index contributed by atoms with van der Waals surface area (Å²) >= 11 is 0. The van der Waals surface area contributed by atoms with E-state index in [1.54, 1.807) is 6.07 Å². The second-order valence-corrected chi connectivity index (χ2v) is 8.44. The molecule has 1 unspecified atom stereocenters. The lowest BCUT2D eigenvalue weighted by Gasteiger charge is -2.20. The molecule has 0 aliphatic rings. The number of nitrogens with zero attached hydrogens (tertiary/aromatic N) is 2. The van der Waals surface area contributed by atoms with E-state index in [9.17, 15) is 35.7 Å². The lowest BCUT2D eigenvalue weighted by atomic mass is 9.92. The Morgan fingerprint density at radius 2 is 1.94 bits per heavy atom. The number of nitrogens with one attached hydrogen (secondary N) is 1. The van der Waals surface area contributed by atoms with E-state index in [0.717, 1.165) is 12.4 Å². The summed E-state index contributed by atoms with van der Waals surface area (Å²) in [5.41, 5.74) is 1.61. The van der Waals surface area contributed by atoms with Gasteiger partial charge in [0.2, 0.25) is 0 Å². The first-order chi connectivity index (χ1) is 15.2. The zero-order valence-corrected chi connectivity index (χ0v) is 17.0. The smallest absolute Gasteiger partial charge is 0.366 e. The van der Waals surface area contributed by atoms with Crippen LogP contribution in [0.3, 0.4) is 0 Å². The number of H-pyrrole nitrogens is 1. The van der Waals surface area contributed by atoms with Gasteiger partial charge in [-0.05, 0) is 17.7 Å². The number of amides is 1. The van der Waals surface area contributed by atoms with Crippen molar-refractivity contribution in [3.8, 4) is 6.07 Å². The zero-order chi connectivity index (χ0) is 24.7. The van der Waals surface area contributed by atoms with Crippen molar-refractivity contribution in [3.63, 3.8) is 0 Å². The second kappa shape index (κ2) is 8.26. The van der Waals surface area contributed by atoms with Gasteiger partial charge in [-0.25, -0.2) is 9.37 Å². The molecule has 1 aromatic carbocycles. The fraction of sp³-hybridized carbons (Fsp3) is 0.158. The van der Waals surface area contributed by atoms with Crippen molar-refractivity contribution in [2.45, 2.75) is 17.8 Å². The third-order valence-electron chi connectivity index (χ3n) is 4.69. The second-order valence-electron chi connectivity index (χ2n) is 6.84. The van der Waals surface area contributed by atoms with E-state index >= 15 is 4.39 Å². The van der Waals surface area contributed by atoms with Crippen LogP contribution in [-0.2, 0) is 10.1 Å². The molecule has 0 saturated heterocycles. The summed E-state index contributed by atoms with van der Waals surface area (Å²) in [4.78, 5) is 31.3. The van der Waals surface area contributed by atoms with Crippen molar-refractivity contribution in [2.24, 2.45) is 5.73 Å². The normalized spacial score (nSPS) is 13.0. The maximum absolute atomic E-state index is 15.2. The highest BCUT2D eigenvalue weighted by molar-refractivity contribution is 7.86. The molecule has 1 amide bonds. The van der Waals surface area contributed by atoms with Gasteiger partial charge in [0.1, 0.15) is 22.8 Å². The summed E-state index contributed by atoms with van der Waals surface area (Å²) in [6.07, 6.45) is -5.10. The molecule has 0 radical (unpaired) electrons. The summed E-state index contributed by atoms with van der Waals surface area (Å²) < 4.78 is 87.3. The molecular weight excluding hydrogens is 472 g/mol. The zero-order valence-electron chi connectivity index (χ0n) is 16.1. The number of halogens is 4. The number of hydrogen-bond acceptors (Lipinski definition) is 6. The Morgan fingerprint density at radius 1 is 1.27 bits per heavy atom. The van der Waals surface area contributed by atoms with Crippen LogP contribution in [0.25, 0.3) is 11.0 Å². The minimum Gasteiger partial charge on any atom is -0.366 e. The monoisotopic (exact) mass is 484 g/mol. The molecule has 0 bridgehead atoms. The highest BCUT2D eigenvalue weighted by Crippen LogP contribution is 2.38. The fourth-order valence-electron chi connectivity index (χ4n) is 3.25. The number of carbonyl (C=O) groups excluding carboxylic acids is 2. The van der Waals surface area contributed by atoms with Crippen LogP contribution in [0.15, 0.2) is 30.6 Å². The maximum Gasteiger partial charge on any atom is 0.390 e. The molecule has 4 N–H and O–H groups in total. The van der Waals surface area contributed by atoms with Gasteiger partial charge in [-0.1, -0.05) is 6.07 Å².